The van der Waals surface area contributed by atoms with E-state index in [0.29, 0.717) is 11.6 Å². The Balaban J connectivity index is 1.96. The van der Waals surface area contributed by atoms with E-state index in [2.05, 4.69) is 10.4 Å². The normalized spacial score (nSPS) is 11.1. The van der Waals surface area contributed by atoms with Gasteiger partial charge < -0.3 is 15.8 Å². The first-order valence-corrected chi connectivity index (χ1v) is 7.59. The third kappa shape index (κ3) is 2.20. The number of nitrogens with two attached hydrogens (primary N) is 1. The van der Waals surface area contributed by atoms with Crippen molar-refractivity contribution in [3.05, 3.63) is 48.5 Å². The molecule has 0 spiro atoms. The lowest BCUT2D eigenvalue weighted by Gasteiger charge is -2.11. The highest BCUT2D eigenvalue weighted by Crippen LogP contribution is 2.34. The zero-order valence-corrected chi connectivity index (χ0v) is 13.4. The van der Waals surface area contributed by atoms with Crippen LogP contribution < -0.4 is 15.8 Å². The maximum absolute atomic E-state index is 6.14. The number of rotatable bonds is 3. The van der Waals surface area contributed by atoms with E-state index in [0.717, 1.165) is 33.2 Å². The summed E-state index contributed by atoms with van der Waals surface area (Å²) < 4.78 is 7.07. The molecule has 0 radical (unpaired) electrons. The fourth-order valence-corrected chi connectivity index (χ4v) is 2.96. The van der Waals surface area contributed by atoms with Crippen LogP contribution in [0.3, 0.4) is 0 Å². The number of fused-ring (bicyclic) bond motifs is 3. The van der Waals surface area contributed by atoms with E-state index in [1.807, 2.05) is 55.6 Å². The minimum atomic E-state index is 0.455. The largest absolute Gasteiger partial charge is 0.497 e. The summed E-state index contributed by atoms with van der Waals surface area (Å²) in [5.74, 6) is 1.91. The van der Waals surface area contributed by atoms with Crippen molar-refractivity contribution in [1.82, 2.24) is 14.8 Å². The van der Waals surface area contributed by atoms with Crippen molar-refractivity contribution in [3.63, 3.8) is 0 Å². The van der Waals surface area contributed by atoms with Crippen LogP contribution in [-0.4, -0.2) is 21.9 Å². The van der Waals surface area contributed by atoms with Crippen molar-refractivity contribution < 1.29 is 4.74 Å². The quantitative estimate of drug-likeness (QED) is 0.604. The molecule has 0 fully saturated rings. The third-order valence-corrected chi connectivity index (χ3v) is 4.03. The van der Waals surface area contributed by atoms with Crippen LogP contribution in [0.1, 0.15) is 0 Å². The predicted octanol–water partition coefficient (Wildman–Crippen LogP) is 3.46. The number of benzene rings is 2. The Bertz CT molecular complexity index is 1050. The highest BCUT2D eigenvalue weighted by molar-refractivity contribution is 6.12. The number of methoxy groups -OCH3 is 1. The molecule has 0 bridgehead atoms. The number of nitrogens with zero attached hydrogens (tertiary/aromatic N) is 3. The molecule has 24 heavy (non-hydrogen) atoms. The molecule has 3 N–H and O–H groups in total. The lowest BCUT2D eigenvalue weighted by atomic mass is 10.1. The molecule has 0 amide bonds. The van der Waals surface area contributed by atoms with Gasteiger partial charge in [-0.2, -0.15) is 5.10 Å². The van der Waals surface area contributed by atoms with Gasteiger partial charge in [-0.25, -0.2) is 4.98 Å². The summed E-state index contributed by atoms with van der Waals surface area (Å²) in [6.07, 6.45) is 0. The Labute approximate surface area is 138 Å². The lowest BCUT2D eigenvalue weighted by molar-refractivity contribution is 0.415. The van der Waals surface area contributed by atoms with Gasteiger partial charge in [0.15, 0.2) is 5.82 Å². The van der Waals surface area contributed by atoms with E-state index in [9.17, 15) is 0 Å². The molecule has 0 aliphatic heterocycles. The molecule has 6 heteroatoms. The van der Waals surface area contributed by atoms with E-state index in [1.165, 1.54) is 0 Å². The Morgan fingerprint density at radius 3 is 2.79 bits per heavy atom. The van der Waals surface area contributed by atoms with E-state index in [4.69, 9.17) is 15.5 Å². The van der Waals surface area contributed by atoms with Crippen LogP contribution in [0.25, 0.3) is 21.8 Å². The van der Waals surface area contributed by atoms with Crippen LogP contribution in [-0.2, 0) is 7.05 Å². The molecule has 2 aromatic heterocycles. The number of nitrogens with one attached hydrogen (secondary N) is 1. The van der Waals surface area contributed by atoms with Crippen molar-refractivity contribution >= 4 is 39.1 Å². The molecule has 0 aliphatic carbocycles. The number of para-hydroxylation sites is 1. The smallest absolute Gasteiger partial charge is 0.157 e. The highest BCUT2D eigenvalue weighted by atomic mass is 16.5. The Kier molecular flexibility index (Phi) is 3.23. The summed E-state index contributed by atoms with van der Waals surface area (Å²) in [5, 5.41) is 9.55. The Morgan fingerprint density at radius 1 is 1.12 bits per heavy atom. The molecular weight excluding hydrogens is 302 g/mol. The van der Waals surface area contributed by atoms with Crippen LogP contribution in [0.15, 0.2) is 48.5 Å². The minimum absolute atomic E-state index is 0.455. The molecule has 0 unspecified atom stereocenters. The number of hydrogen-bond acceptors (Lipinski definition) is 5. The van der Waals surface area contributed by atoms with Crippen LogP contribution >= 0.6 is 0 Å². The van der Waals surface area contributed by atoms with Gasteiger partial charge >= 0.3 is 0 Å². The summed E-state index contributed by atoms with van der Waals surface area (Å²) in [7, 11) is 3.53. The number of aryl methyl sites for hydroxylation is 1. The topological polar surface area (TPSA) is 78.0 Å². The van der Waals surface area contributed by atoms with Gasteiger partial charge in [-0.15, -0.1) is 0 Å². The number of hydrogen-bond donors (Lipinski definition) is 2. The first-order valence-electron chi connectivity index (χ1n) is 7.59. The zero-order valence-electron chi connectivity index (χ0n) is 13.4. The lowest BCUT2D eigenvalue weighted by Crippen LogP contribution is -1.98. The van der Waals surface area contributed by atoms with Crippen molar-refractivity contribution in [1.29, 1.82) is 0 Å². The van der Waals surface area contributed by atoms with Crippen LogP contribution in [0.5, 0.6) is 5.75 Å². The first-order chi connectivity index (χ1) is 11.7. The second-order valence-electron chi connectivity index (χ2n) is 5.57. The third-order valence-electron chi connectivity index (χ3n) is 4.03. The van der Waals surface area contributed by atoms with E-state index < -0.39 is 0 Å². The van der Waals surface area contributed by atoms with E-state index in [1.54, 1.807) is 11.8 Å². The molecule has 4 rings (SSSR count). The molecule has 0 atom stereocenters. The second kappa shape index (κ2) is 5.42. The fraction of sp³-hybridized carbons (Fsp3) is 0.111. The van der Waals surface area contributed by atoms with Gasteiger partial charge in [0, 0.05) is 24.2 Å². The number of anilines is 3. The molecule has 2 heterocycles. The van der Waals surface area contributed by atoms with Crippen molar-refractivity contribution in [2.75, 3.05) is 18.2 Å². The van der Waals surface area contributed by atoms with Crippen molar-refractivity contribution in [3.8, 4) is 5.75 Å². The summed E-state index contributed by atoms with van der Waals surface area (Å²) in [6, 6.07) is 15.7. The molecule has 2 aromatic carbocycles. The summed E-state index contributed by atoms with van der Waals surface area (Å²) in [5.41, 5.74) is 8.87. The Hall–Kier alpha value is -3.28. The second-order valence-corrected chi connectivity index (χ2v) is 5.57. The predicted molar refractivity (Wildman–Crippen MR) is 96.7 cm³/mol. The van der Waals surface area contributed by atoms with Gasteiger partial charge in [-0.1, -0.05) is 24.3 Å². The number of ether oxygens (including phenoxy) is 1. The summed E-state index contributed by atoms with van der Waals surface area (Å²) in [4.78, 5) is 4.74. The van der Waals surface area contributed by atoms with Gasteiger partial charge in [0.1, 0.15) is 11.6 Å². The molecule has 6 nitrogen and oxygen atoms in total. The number of aromatic nitrogens is 3. The molecule has 0 saturated carbocycles. The average Bonchev–Trinajstić information content (AvgIpc) is 2.90. The molecule has 0 saturated heterocycles. The summed E-state index contributed by atoms with van der Waals surface area (Å²) >= 11 is 0. The van der Waals surface area contributed by atoms with Gasteiger partial charge in [0.05, 0.1) is 23.5 Å². The maximum Gasteiger partial charge on any atom is 0.157 e. The van der Waals surface area contributed by atoms with Gasteiger partial charge in [-0.05, 0) is 18.2 Å². The van der Waals surface area contributed by atoms with Crippen molar-refractivity contribution in [2.24, 2.45) is 7.05 Å². The maximum atomic E-state index is 6.14. The van der Waals surface area contributed by atoms with Crippen molar-refractivity contribution in [2.45, 2.75) is 0 Å². The number of nitrogen functional groups attached to an aromatic ring is 1. The van der Waals surface area contributed by atoms with Gasteiger partial charge in [-0.3, -0.25) is 4.68 Å². The van der Waals surface area contributed by atoms with Crippen LogP contribution in [0, 0.1) is 0 Å². The molecule has 120 valence electrons. The fourth-order valence-electron chi connectivity index (χ4n) is 2.96. The SMILES string of the molecule is COc1cccc(Nc2nc3ccccc3c3c2c(N)nn3C)c1. The minimum Gasteiger partial charge on any atom is -0.497 e. The first kappa shape index (κ1) is 14.3. The highest BCUT2D eigenvalue weighted by Gasteiger charge is 2.16. The van der Waals surface area contributed by atoms with E-state index >= 15 is 0 Å². The average molecular weight is 319 g/mol. The van der Waals surface area contributed by atoms with Gasteiger partial charge in [0.2, 0.25) is 0 Å². The van der Waals surface area contributed by atoms with Crippen LogP contribution in [0.2, 0.25) is 0 Å². The molecular formula is C18H17N5O. The zero-order chi connectivity index (χ0) is 16.7. The molecule has 4 aromatic rings. The Morgan fingerprint density at radius 2 is 1.96 bits per heavy atom. The van der Waals surface area contributed by atoms with E-state index in [-0.39, 0.29) is 0 Å². The summed E-state index contributed by atoms with van der Waals surface area (Å²) in [6.45, 7) is 0. The van der Waals surface area contributed by atoms with Gasteiger partial charge in [0.25, 0.3) is 0 Å². The number of pyridine rings is 1. The monoisotopic (exact) mass is 319 g/mol. The standard InChI is InChI=1S/C18H17N5O/c1-23-16-13-8-3-4-9-14(13)21-18(15(16)17(19)22-23)20-11-6-5-7-12(10-11)24-2/h3-10H,1-2H3,(H2,19,22)(H,20,21). The molecule has 0 aliphatic rings. The van der Waals surface area contributed by atoms with Crippen LogP contribution in [0.4, 0.5) is 17.3 Å².